The second kappa shape index (κ2) is 7.74. The van der Waals surface area contributed by atoms with Crippen molar-refractivity contribution in [1.82, 2.24) is 4.90 Å². The van der Waals surface area contributed by atoms with E-state index < -0.39 is 46.9 Å². The van der Waals surface area contributed by atoms with E-state index in [1.807, 2.05) is 0 Å². The highest BCUT2D eigenvalue weighted by Crippen LogP contribution is 2.58. The van der Waals surface area contributed by atoms with Crippen LogP contribution in [0.25, 0.3) is 0 Å². The van der Waals surface area contributed by atoms with Crippen LogP contribution in [0.15, 0.2) is 42.5 Å². The molecule has 3 fully saturated rings. The molecule has 2 aliphatic heterocycles. The van der Waals surface area contributed by atoms with Crippen LogP contribution in [-0.2, 0) is 14.3 Å². The third-order valence-corrected chi connectivity index (χ3v) is 8.32. The number of rotatable bonds is 2. The van der Waals surface area contributed by atoms with Crippen LogP contribution in [0.3, 0.4) is 0 Å². The Morgan fingerprint density at radius 1 is 0.853 bits per heavy atom. The average Bonchev–Trinajstić information content (AvgIpc) is 3.40. The van der Waals surface area contributed by atoms with Crippen molar-refractivity contribution in [1.29, 1.82) is 0 Å². The number of ketones is 2. The summed E-state index contributed by atoms with van der Waals surface area (Å²) in [5.41, 5.74) is -1.21. The Labute approximate surface area is 206 Å². The first-order valence-corrected chi connectivity index (χ1v) is 12.3. The van der Waals surface area contributed by atoms with Gasteiger partial charge in [0.1, 0.15) is 0 Å². The molecule has 34 heavy (non-hydrogen) atoms. The maximum atomic E-state index is 13.9. The smallest absolute Gasteiger partial charge is 0.237 e. The van der Waals surface area contributed by atoms with Crippen LogP contribution in [0.5, 0.6) is 0 Å². The molecule has 0 aromatic heterocycles. The molecule has 2 saturated heterocycles. The minimum atomic E-state index is -2.07. The highest BCUT2D eigenvalue weighted by molar-refractivity contribution is 6.36. The topological polar surface area (TPSA) is 80.8 Å². The van der Waals surface area contributed by atoms with Crippen LogP contribution >= 0.6 is 23.2 Å². The highest BCUT2D eigenvalue weighted by Gasteiger charge is 2.75. The van der Waals surface area contributed by atoms with Crippen molar-refractivity contribution in [2.75, 3.05) is 0 Å². The summed E-state index contributed by atoms with van der Waals surface area (Å²) in [5, 5.41) is 0.649. The molecule has 6 nitrogen and oxygen atoms in total. The molecule has 1 saturated carbocycles. The van der Waals surface area contributed by atoms with Crippen molar-refractivity contribution in [2.24, 2.45) is 11.8 Å². The van der Waals surface area contributed by atoms with E-state index in [1.165, 1.54) is 11.0 Å². The third kappa shape index (κ3) is 2.79. The molecular formula is C26H21Cl2NO5. The summed E-state index contributed by atoms with van der Waals surface area (Å²) in [6.45, 7) is 0. The zero-order valence-electron chi connectivity index (χ0n) is 18.1. The Morgan fingerprint density at radius 3 is 2.12 bits per heavy atom. The number of ether oxygens (including phenoxy) is 1. The molecule has 3 atom stereocenters. The monoisotopic (exact) mass is 497 g/mol. The predicted molar refractivity (Wildman–Crippen MR) is 124 cm³/mol. The van der Waals surface area contributed by atoms with E-state index in [0.717, 1.165) is 32.1 Å². The number of likely N-dealkylation sites (tertiary alicyclic amines) is 1. The number of halogens is 2. The third-order valence-electron chi connectivity index (χ3n) is 7.76. The molecule has 2 aliphatic carbocycles. The molecule has 2 aromatic carbocycles. The van der Waals surface area contributed by atoms with Crippen molar-refractivity contribution in [3.05, 3.63) is 69.2 Å². The van der Waals surface area contributed by atoms with Gasteiger partial charge >= 0.3 is 0 Å². The number of hydrogen-bond donors (Lipinski definition) is 0. The number of carbonyl (C=O) groups is 4. The molecule has 0 radical (unpaired) electrons. The molecule has 0 N–H and O–H groups in total. The van der Waals surface area contributed by atoms with E-state index >= 15 is 0 Å². The Hall–Kier alpha value is -2.54. The van der Waals surface area contributed by atoms with Gasteiger partial charge in [0.25, 0.3) is 0 Å². The second-order valence-corrected chi connectivity index (χ2v) is 10.3. The number of amides is 2. The summed E-state index contributed by atoms with van der Waals surface area (Å²) in [6, 6.07) is 11.0. The van der Waals surface area contributed by atoms with Crippen LogP contribution in [0.4, 0.5) is 0 Å². The van der Waals surface area contributed by atoms with Gasteiger partial charge in [0, 0.05) is 32.8 Å². The maximum Gasteiger partial charge on any atom is 0.237 e. The quantitative estimate of drug-likeness (QED) is 0.438. The van der Waals surface area contributed by atoms with Crippen LogP contribution < -0.4 is 0 Å². The van der Waals surface area contributed by atoms with Gasteiger partial charge in [0.2, 0.25) is 29.0 Å². The van der Waals surface area contributed by atoms with Gasteiger partial charge in [0.05, 0.1) is 17.9 Å². The van der Waals surface area contributed by atoms with Gasteiger partial charge in [-0.25, -0.2) is 0 Å². The number of nitrogens with zero attached hydrogens (tertiary/aromatic N) is 1. The van der Waals surface area contributed by atoms with Gasteiger partial charge in [-0.2, -0.15) is 0 Å². The number of benzene rings is 2. The lowest BCUT2D eigenvalue weighted by atomic mass is 9.77. The lowest BCUT2D eigenvalue weighted by Gasteiger charge is -2.33. The molecule has 2 amide bonds. The van der Waals surface area contributed by atoms with Gasteiger partial charge in [-0.05, 0) is 25.0 Å². The Bertz CT molecular complexity index is 1230. The Morgan fingerprint density at radius 2 is 1.50 bits per heavy atom. The van der Waals surface area contributed by atoms with Crippen molar-refractivity contribution < 1.29 is 23.9 Å². The minimum absolute atomic E-state index is 0.213. The summed E-state index contributed by atoms with van der Waals surface area (Å²) in [4.78, 5) is 56.5. The van der Waals surface area contributed by atoms with E-state index in [0.29, 0.717) is 10.6 Å². The van der Waals surface area contributed by atoms with Gasteiger partial charge in [-0.15, -0.1) is 0 Å². The van der Waals surface area contributed by atoms with Gasteiger partial charge in [0.15, 0.2) is 0 Å². The summed E-state index contributed by atoms with van der Waals surface area (Å²) >= 11 is 12.6. The SMILES string of the molecule is O=C1[C@@H]2[C@@H](c3ccc(Cl)cc3Cl)OC3(C(=O)c4ccccc4C3=O)[C@@H]2C(=O)N1C1CCCCC1. The second-order valence-electron chi connectivity index (χ2n) is 9.49. The van der Waals surface area contributed by atoms with Gasteiger partial charge in [-0.3, -0.25) is 24.1 Å². The molecule has 0 bridgehead atoms. The Kier molecular flexibility index (Phi) is 5.00. The fraction of sp³-hybridized carbons (Fsp3) is 0.385. The minimum Gasteiger partial charge on any atom is -0.349 e. The van der Waals surface area contributed by atoms with Crippen molar-refractivity contribution in [3.8, 4) is 0 Å². The van der Waals surface area contributed by atoms with E-state index in [9.17, 15) is 19.2 Å². The number of imide groups is 1. The lowest BCUT2D eigenvalue weighted by molar-refractivity contribution is -0.148. The molecule has 4 aliphatic rings. The van der Waals surface area contributed by atoms with Crippen LogP contribution in [0.1, 0.15) is 64.5 Å². The average molecular weight is 498 g/mol. The molecule has 1 spiro atoms. The number of carbonyl (C=O) groups excluding carboxylic acids is 4. The summed E-state index contributed by atoms with van der Waals surface area (Å²) in [7, 11) is 0. The molecule has 0 unspecified atom stereocenters. The van der Waals surface area contributed by atoms with Gasteiger partial charge < -0.3 is 4.74 Å². The lowest BCUT2D eigenvalue weighted by Crippen LogP contribution is -2.52. The molecule has 6 rings (SSSR count). The molecule has 8 heteroatoms. The summed E-state index contributed by atoms with van der Waals surface area (Å²) < 4.78 is 6.27. The first-order valence-electron chi connectivity index (χ1n) is 11.5. The summed E-state index contributed by atoms with van der Waals surface area (Å²) in [6.07, 6.45) is 3.32. The van der Waals surface area contributed by atoms with Crippen molar-refractivity contribution in [2.45, 2.75) is 49.9 Å². The summed E-state index contributed by atoms with van der Waals surface area (Å²) in [5.74, 6) is -4.28. The Balaban J connectivity index is 1.52. The standard InChI is InChI=1S/C26H21Cl2NO5/c27-13-10-11-17(18(28)12-13)21-19-20(25(33)29(24(19)32)14-6-2-1-3-7-14)26(34-21)22(30)15-8-4-5-9-16(15)23(26)31/h4-5,8-12,14,19-21H,1-3,6-7H2/t19-,20-,21+/m0/s1. The van der Waals surface area contributed by atoms with Crippen LogP contribution in [0, 0.1) is 11.8 Å². The fourth-order valence-electron chi connectivity index (χ4n) is 6.25. The predicted octanol–water partition coefficient (Wildman–Crippen LogP) is 4.82. The van der Waals surface area contributed by atoms with E-state index in [2.05, 4.69) is 0 Å². The molecule has 174 valence electrons. The van der Waals surface area contributed by atoms with Crippen molar-refractivity contribution >= 4 is 46.6 Å². The number of Topliss-reactive ketones (excluding diaryl/α,β-unsaturated/α-hetero) is 2. The zero-order valence-corrected chi connectivity index (χ0v) is 19.6. The van der Waals surface area contributed by atoms with E-state index in [4.69, 9.17) is 27.9 Å². The molecule has 2 aromatic rings. The first-order chi connectivity index (χ1) is 16.4. The highest BCUT2D eigenvalue weighted by atomic mass is 35.5. The van der Waals surface area contributed by atoms with E-state index in [1.54, 1.807) is 36.4 Å². The number of fused-ring (bicyclic) bond motifs is 3. The van der Waals surface area contributed by atoms with E-state index in [-0.39, 0.29) is 22.2 Å². The molecular weight excluding hydrogens is 477 g/mol. The first kappa shape index (κ1) is 22.0. The van der Waals surface area contributed by atoms with Crippen LogP contribution in [0.2, 0.25) is 10.0 Å². The maximum absolute atomic E-state index is 13.9. The number of hydrogen-bond acceptors (Lipinski definition) is 5. The largest absolute Gasteiger partial charge is 0.349 e. The normalized spacial score (nSPS) is 28.2. The van der Waals surface area contributed by atoms with Gasteiger partial charge in [-0.1, -0.05) is 72.8 Å². The zero-order chi connectivity index (χ0) is 23.8. The van der Waals surface area contributed by atoms with Crippen molar-refractivity contribution in [3.63, 3.8) is 0 Å². The molecule has 2 heterocycles. The van der Waals surface area contributed by atoms with Crippen LogP contribution in [-0.4, -0.2) is 39.9 Å². The fourth-order valence-corrected chi connectivity index (χ4v) is 6.77.